The molecule has 0 aliphatic heterocycles. The first kappa shape index (κ1) is 11.2. The molecule has 0 aromatic heterocycles. The maximum absolute atomic E-state index is 9.87. The Morgan fingerprint density at radius 2 is 2.18 bits per heavy atom. The SMILES string of the molecule is O=[N+]([O-])CCC[SiH2]CC(Cl)Cl. The minimum absolute atomic E-state index is 0.0856. The highest BCUT2D eigenvalue weighted by atomic mass is 35.5. The van der Waals surface area contributed by atoms with Gasteiger partial charge in [-0.25, -0.2) is 0 Å². The third kappa shape index (κ3) is 10.2. The van der Waals surface area contributed by atoms with E-state index in [2.05, 4.69) is 0 Å². The predicted octanol–water partition coefficient (Wildman–Crippen LogP) is 1.46. The number of hydrogen-bond donors (Lipinski definition) is 0. The summed E-state index contributed by atoms with van der Waals surface area (Å²) in [5, 5.41) is 9.87. The first-order valence-electron chi connectivity index (χ1n) is 3.53. The molecule has 0 aromatic rings. The first-order valence-corrected chi connectivity index (χ1v) is 6.40. The summed E-state index contributed by atoms with van der Waals surface area (Å²) in [7, 11) is -0.247. The Balaban J connectivity index is 2.97. The third-order valence-electron chi connectivity index (χ3n) is 1.26. The lowest BCUT2D eigenvalue weighted by Gasteiger charge is -1.97. The van der Waals surface area contributed by atoms with Crippen molar-refractivity contribution in [3.8, 4) is 0 Å². The summed E-state index contributed by atoms with van der Waals surface area (Å²) >= 11 is 11.0. The smallest absolute Gasteiger partial charge is 0.203 e. The van der Waals surface area contributed by atoms with Crippen LogP contribution in [0.15, 0.2) is 0 Å². The Kier molecular flexibility index (Phi) is 7.00. The topological polar surface area (TPSA) is 43.1 Å². The molecule has 0 unspecified atom stereocenters. The minimum Gasteiger partial charge on any atom is -0.265 e. The Morgan fingerprint density at radius 3 is 2.64 bits per heavy atom. The highest BCUT2D eigenvalue weighted by Crippen LogP contribution is 2.08. The average molecular weight is 216 g/mol. The monoisotopic (exact) mass is 215 g/mol. The molecule has 0 saturated heterocycles. The van der Waals surface area contributed by atoms with Crippen molar-refractivity contribution in [2.24, 2.45) is 0 Å². The van der Waals surface area contributed by atoms with Crippen molar-refractivity contribution in [1.29, 1.82) is 0 Å². The van der Waals surface area contributed by atoms with E-state index in [9.17, 15) is 10.1 Å². The van der Waals surface area contributed by atoms with Gasteiger partial charge >= 0.3 is 0 Å². The second kappa shape index (κ2) is 6.88. The fraction of sp³-hybridized carbons (Fsp3) is 1.00. The van der Waals surface area contributed by atoms with E-state index in [1.807, 2.05) is 0 Å². The molecule has 0 radical (unpaired) electrons. The molecule has 3 nitrogen and oxygen atoms in total. The van der Waals surface area contributed by atoms with Gasteiger partial charge < -0.3 is 0 Å². The van der Waals surface area contributed by atoms with Crippen molar-refractivity contribution in [2.75, 3.05) is 6.54 Å². The third-order valence-corrected chi connectivity index (χ3v) is 4.42. The number of alkyl halides is 2. The molecular formula is C5H11Cl2NO2Si. The lowest BCUT2D eigenvalue weighted by Crippen LogP contribution is -2.03. The van der Waals surface area contributed by atoms with E-state index in [4.69, 9.17) is 23.2 Å². The molecule has 11 heavy (non-hydrogen) atoms. The van der Waals surface area contributed by atoms with Crippen molar-refractivity contribution >= 4 is 32.7 Å². The summed E-state index contributed by atoms with van der Waals surface area (Å²) in [6.07, 6.45) is 0.680. The fourth-order valence-electron chi connectivity index (χ4n) is 0.716. The summed E-state index contributed by atoms with van der Waals surface area (Å²) < 4.78 is 0. The quantitative estimate of drug-likeness (QED) is 0.222. The zero-order valence-corrected chi connectivity index (χ0v) is 9.06. The molecule has 0 N–H and O–H groups in total. The Labute approximate surface area is 78.0 Å². The first-order chi connectivity index (χ1) is 5.13. The van der Waals surface area contributed by atoms with Gasteiger partial charge in [-0.2, -0.15) is 0 Å². The minimum atomic E-state index is -0.284. The molecule has 0 saturated carbocycles. The van der Waals surface area contributed by atoms with Crippen molar-refractivity contribution in [3.63, 3.8) is 0 Å². The van der Waals surface area contributed by atoms with E-state index in [1.165, 1.54) is 0 Å². The average Bonchev–Trinajstić information content (AvgIpc) is 1.85. The van der Waals surface area contributed by atoms with Crippen molar-refractivity contribution < 1.29 is 4.92 Å². The lowest BCUT2D eigenvalue weighted by molar-refractivity contribution is -0.479. The highest BCUT2D eigenvalue weighted by Gasteiger charge is 2.00. The Bertz CT molecular complexity index is 123. The van der Waals surface area contributed by atoms with E-state index < -0.39 is 0 Å². The van der Waals surface area contributed by atoms with Crippen LogP contribution >= 0.6 is 23.2 Å². The lowest BCUT2D eigenvalue weighted by atomic mass is 10.5. The largest absolute Gasteiger partial charge is 0.265 e. The Hall–Kier alpha value is 0.197. The second-order valence-corrected chi connectivity index (χ2v) is 5.57. The van der Waals surface area contributed by atoms with Gasteiger partial charge in [0, 0.05) is 20.9 Å². The standard InChI is InChI=1S/C5H11Cl2NO2Si/c6-5(7)4-11-3-1-2-8(9)10/h5H,1-4,11H2. The molecule has 0 fully saturated rings. The number of rotatable bonds is 6. The summed E-state index contributed by atoms with van der Waals surface area (Å²) in [6, 6.07) is 1.83. The molecule has 66 valence electrons. The van der Waals surface area contributed by atoms with Crippen LogP contribution in [0.1, 0.15) is 6.42 Å². The number of nitro groups is 1. The van der Waals surface area contributed by atoms with Crippen molar-refractivity contribution in [2.45, 2.75) is 23.3 Å². The zero-order chi connectivity index (χ0) is 8.69. The molecule has 0 spiro atoms. The van der Waals surface area contributed by atoms with E-state index in [0.717, 1.165) is 12.1 Å². The van der Waals surface area contributed by atoms with Gasteiger partial charge in [-0.05, 0) is 6.04 Å². The molecule has 0 rings (SSSR count). The number of nitrogens with zero attached hydrogens (tertiary/aromatic N) is 1. The maximum Gasteiger partial charge on any atom is 0.203 e. The van der Waals surface area contributed by atoms with Gasteiger partial charge in [0.25, 0.3) is 0 Å². The Morgan fingerprint density at radius 1 is 1.55 bits per heavy atom. The molecule has 0 amide bonds. The number of hydrogen-bond acceptors (Lipinski definition) is 2. The predicted molar refractivity (Wildman–Crippen MR) is 50.1 cm³/mol. The van der Waals surface area contributed by atoms with E-state index in [-0.39, 0.29) is 25.8 Å². The number of halogens is 2. The van der Waals surface area contributed by atoms with Gasteiger partial charge in [0.05, 0.1) is 0 Å². The van der Waals surface area contributed by atoms with Crippen LogP contribution in [0.25, 0.3) is 0 Å². The molecule has 0 heterocycles. The molecule has 0 aliphatic carbocycles. The molecular weight excluding hydrogens is 205 g/mol. The molecule has 0 aliphatic rings. The van der Waals surface area contributed by atoms with Gasteiger partial charge in [0.15, 0.2) is 0 Å². The van der Waals surface area contributed by atoms with Crippen molar-refractivity contribution in [3.05, 3.63) is 10.1 Å². The van der Waals surface area contributed by atoms with Crippen LogP contribution in [0.5, 0.6) is 0 Å². The van der Waals surface area contributed by atoms with Crippen LogP contribution in [-0.4, -0.2) is 25.8 Å². The fourth-order valence-corrected chi connectivity index (χ4v) is 2.82. The highest BCUT2D eigenvalue weighted by molar-refractivity contribution is 6.49. The van der Waals surface area contributed by atoms with E-state index in [1.54, 1.807) is 0 Å². The molecule has 0 bridgehead atoms. The summed E-state index contributed by atoms with van der Waals surface area (Å²) in [5.74, 6) is 0. The van der Waals surface area contributed by atoms with E-state index >= 15 is 0 Å². The van der Waals surface area contributed by atoms with Crippen LogP contribution in [0.2, 0.25) is 12.1 Å². The van der Waals surface area contributed by atoms with Gasteiger partial charge in [0.1, 0.15) is 4.84 Å². The van der Waals surface area contributed by atoms with Crippen LogP contribution in [0.4, 0.5) is 0 Å². The van der Waals surface area contributed by atoms with Crippen LogP contribution in [-0.2, 0) is 0 Å². The van der Waals surface area contributed by atoms with Gasteiger partial charge in [-0.15, -0.1) is 23.2 Å². The van der Waals surface area contributed by atoms with Crippen LogP contribution < -0.4 is 0 Å². The zero-order valence-electron chi connectivity index (χ0n) is 6.13. The molecule has 6 heteroatoms. The molecule has 0 atom stereocenters. The summed E-state index contributed by atoms with van der Waals surface area (Å²) in [5.41, 5.74) is 0. The maximum atomic E-state index is 9.87. The van der Waals surface area contributed by atoms with E-state index in [0.29, 0.717) is 6.42 Å². The van der Waals surface area contributed by atoms with Gasteiger partial charge in [0.2, 0.25) is 6.54 Å². The van der Waals surface area contributed by atoms with Gasteiger partial charge in [-0.1, -0.05) is 6.04 Å². The normalized spacial score (nSPS) is 11.5. The van der Waals surface area contributed by atoms with Gasteiger partial charge in [-0.3, -0.25) is 10.1 Å². The van der Waals surface area contributed by atoms with Crippen molar-refractivity contribution in [1.82, 2.24) is 0 Å². The summed E-state index contributed by atoms with van der Waals surface area (Å²) in [4.78, 5) is 9.31. The summed E-state index contributed by atoms with van der Waals surface area (Å²) in [6.45, 7) is 0.0856. The molecule has 0 aromatic carbocycles. The van der Waals surface area contributed by atoms with Crippen LogP contribution in [0.3, 0.4) is 0 Å². The van der Waals surface area contributed by atoms with Crippen LogP contribution in [0, 0.1) is 10.1 Å². The second-order valence-electron chi connectivity index (χ2n) is 2.30.